The lowest BCUT2D eigenvalue weighted by Gasteiger charge is -2.31. The van der Waals surface area contributed by atoms with Gasteiger partial charge in [-0.1, -0.05) is 0 Å². The fourth-order valence-electron chi connectivity index (χ4n) is 2.86. The highest BCUT2D eigenvalue weighted by molar-refractivity contribution is 7.91. The van der Waals surface area contributed by atoms with Crippen molar-refractivity contribution in [3.63, 3.8) is 0 Å². The average Bonchev–Trinajstić information content (AvgIpc) is 2.45. The van der Waals surface area contributed by atoms with E-state index in [2.05, 4.69) is 4.90 Å². The Labute approximate surface area is 125 Å². The van der Waals surface area contributed by atoms with Gasteiger partial charge in [0.1, 0.15) is 0 Å². The topological polar surface area (TPSA) is 63.7 Å². The van der Waals surface area contributed by atoms with Crippen LogP contribution >= 0.6 is 0 Å². The van der Waals surface area contributed by atoms with Crippen molar-refractivity contribution in [3.05, 3.63) is 23.3 Å². The van der Waals surface area contributed by atoms with E-state index in [1.165, 1.54) is 19.8 Å². The van der Waals surface area contributed by atoms with Crippen molar-refractivity contribution in [2.75, 3.05) is 31.4 Å². The molecule has 21 heavy (non-hydrogen) atoms. The van der Waals surface area contributed by atoms with Crippen molar-refractivity contribution in [2.45, 2.75) is 31.1 Å². The SMILES string of the molecule is COC(=O)c1ccc(N2CCCCC2)c(S(C)(=O)=O)c1C. The number of esters is 1. The largest absolute Gasteiger partial charge is 0.465 e. The molecule has 6 heteroatoms. The summed E-state index contributed by atoms with van der Waals surface area (Å²) in [6.07, 6.45) is 4.47. The summed E-state index contributed by atoms with van der Waals surface area (Å²) < 4.78 is 29.1. The number of hydrogen-bond acceptors (Lipinski definition) is 5. The zero-order chi connectivity index (χ0) is 15.6. The molecule has 0 aromatic heterocycles. The molecule has 0 amide bonds. The van der Waals surface area contributed by atoms with Crippen LogP contribution in [0.4, 0.5) is 5.69 Å². The van der Waals surface area contributed by atoms with E-state index in [9.17, 15) is 13.2 Å². The lowest BCUT2D eigenvalue weighted by atomic mass is 10.1. The maximum atomic E-state index is 12.2. The average molecular weight is 311 g/mol. The summed E-state index contributed by atoms with van der Waals surface area (Å²) in [5.74, 6) is -0.511. The van der Waals surface area contributed by atoms with E-state index in [4.69, 9.17) is 4.74 Å². The normalized spacial score (nSPS) is 15.9. The van der Waals surface area contributed by atoms with Gasteiger partial charge in [-0.05, 0) is 43.9 Å². The van der Waals surface area contributed by atoms with E-state index in [0.717, 1.165) is 25.9 Å². The first-order valence-corrected chi connectivity index (χ1v) is 8.92. The Kier molecular flexibility index (Phi) is 4.56. The lowest BCUT2D eigenvalue weighted by Crippen LogP contribution is -2.31. The van der Waals surface area contributed by atoms with Crippen LogP contribution in [-0.4, -0.2) is 40.8 Å². The van der Waals surface area contributed by atoms with Crippen LogP contribution in [0.1, 0.15) is 35.2 Å². The molecule has 5 nitrogen and oxygen atoms in total. The van der Waals surface area contributed by atoms with Crippen LogP contribution in [-0.2, 0) is 14.6 Å². The molecule has 0 atom stereocenters. The molecule has 1 saturated heterocycles. The van der Waals surface area contributed by atoms with E-state index >= 15 is 0 Å². The molecule has 1 aromatic carbocycles. The molecule has 0 N–H and O–H groups in total. The summed E-state index contributed by atoms with van der Waals surface area (Å²) >= 11 is 0. The van der Waals surface area contributed by atoms with E-state index in [1.54, 1.807) is 19.1 Å². The van der Waals surface area contributed by atoms with E-state index in [-0.39, 0.29) is 4.90 Å². The number of rotatable bonds is 3. The van der Waals surface area contributed by atoms with Crippen molar-refractivity contribution in [2.24, 2.45) is 0 Å². The third kappa shape index (κ3) is 3.20. The van der Waals surface area contributed by atoms with Crippen molar-refractivity contribution < 1.29 is 17.9 Å². The van der Waals surface area contributed by atoms with Gasteiger partial charge in [0.15, 0.2) is 9.84 Å². The van der Waals surface area contributed by atoms with Gasteiger partial charge in [-0.3, -0.25) is 0 Å². The summed E-state index contributed by atoms with van der Waals surface area (Å²) in [7, 11) is -2.14. The number of ether oxygens (including phenoxy) is 1. The molecule has 1 fully saturated rings. The number of sulfone groups is 1. The Morgan fingerprint density at radius 2 is 1.81 bits per heavy atom. The zero-order valence-electron chi connectivity index (χ0n) is 12.7. The third-order valence-electron chi connectivity index (χ3n) is 3.86. The second-order valence-electron chi connectivity index (χ2n) is 5.40. The first-order valence-electron chi connectivity index (χ1n) is 7.03. The number of anilines is 1. The molecule has 0 spiro atoms. The number of hydrogen-bond donors (Lipinski definition) is 0. The van der Waals surface area contributed by atoms with Crippen molar-refractivity contribution in [1.29, 1.82) is 0 Å². The monoisotopic (exact) mass is 311 g/mol. The van der Waals surface area contributed by atoms with E-state index in [0.29, 0.717) is 16.8 Å². The third-order valence-corrected chi connectivity index (χ3v) is 5.11. The molecule has 1 aliphatic heterocycles. The molecule has 0 radical (unpaired) electrons. The number of carbonyl (C=O) groups is 1. The minimum absolute atomic E-state index is 0.243. The van der Waals surface area contributed by atoms with Gasteiger partial charge in [-0.25, -0.2) is 13.2 Å². The van der Waals surface area contributed by atoms with Gasteiger partial charge < -0.3 is 9.64 Å². The Morgan fingerprint density at radius 3 is 2.33 bits per heavy atom. The van der Waals surface area contributed by atoms with Crippen LogP contribution in [0.2, 0.25) is 0 Å². The Bertz CT molecular complexity index is 646. The van der Waals surface area contributed by atoms with Gasteiger partial charge >= 0.3 is 5.97 Å². The van der Waals surface area contributed by atoms with Crippen LogP contribution in [0.15, 0.2) is 17.0 Å². The van der Waals surface area contributed by atoms with Crippen molar-refractivity contribution in [3.8, 4) is 0 Å². The van der Waals surface area contributed by atoms with Crippen molar-refractivity contribution in [1.82, 2.24) is 0 Å². The maximum Gasteiger partial charge on any atom is 0.338 e. The minimum atomic E-state index is -3.43. The van der Waals surface area contributed by atoms with Gasteiger partial charge in [-0.2, -0.15) is 0 Å². The summed E-state index contributed by atoms with van der Waals surface area (Å²) in [5.41, 5.74) is 1.47. The summed E-state index contributed by atoms with van der Waals surface area (Å²) in [6.45, 7) is 3.36. The Balaban J connectivity index is 2.61. The Morgan fingerprint density at radius 1 is 1.19 bits per heavy atom. The first kappa shape index (κ1) is 15.8. The number of methoxy groups -OCH3 is 1. The van der Waals surface area contributed by atoms with Gasteiger partial charge in [0.2, 0.25) is 0 Å². The second kappa shape index (κ2) is 6.05. The molecule has 0 aliphatic carbocycles. The molecule has 1 heterocycles. The summed E-state index contributed by atoms with van der Waals surface area (Å²) in [4.78, 5) is 14.1. The predicted molar refractivity (Wildman–Crippen MR) is 81.7 cm³/mol. The zero-order valence-corrected chi connectivity index (χ0v) is 13.5. The fraction of sp³-hybridized carbons (Fsp3) is 0.533. The van der Waals surface area contributed by atoms with Crippen LogP contribution in [0.5, 0.6) is 0 Å². The molecule has 0 unspecified atom stereocenters. The van der Waals surface area contributed by atoms with E-state index < -0.39 is 15.8 Å². The molecule has 1 aliphatic rings. The predicted octanol–water partition coefficient (Wildman–Crippen LogP) is 2.18. The van der Waals surface area contributed by atoms with Gasteiger partial charge in [0.05, 0.1) is 23.3 Å². The standard InChI is InChI=1S/C15H21NO4S/c1-11-12(15(17)20-2)7-8-13(14(11)21(3,18)19)16-9-5-4-6-10-16/h7-8H,4-6,9-10H2,1-3H3. The Hall–Kier alpha value is -1.56. The number of carbonyl (C=O) groups excluding carboxylic acids is 1. The second-order valence-corrected chi connectivity index (χ2v) is 7.35. The molecular formula is C15H21NO4S. The number of piperidine rings is 1. The highest BCUT2D eigenvalue weighted by Gasteiger charge is 2.25. The quantitative estimate of drug-likeness (QED) is 0.801. The van der Waals surface area contributed by atoms with Gasteiger partial charge in [-0.15, -0.1) is 0 Å². The maximum absolute atomic E-state index is 12.2. The molecule has 2 rings (SSSR count). The van der Waals surface area contributed by atoms with Crippen molar-refractivity contribution >= 4 is 21.5 Å². The number of benzene rings is 1. The smallest absolute Gasteiger partial charge is 0.338 e. The first-order chi connectivity index (χ1) is 9.86. The van der Waals surface area contributed by atoms with Crippen LogP contribution in [0.25, 0.3) is 0 Å². The highest BCUT2D eigenvalue weighted by Crippen LogP contribution is 2.32. The fourth-order valence-corrected chi connectivity index (χ4v) is 4.10. The summed E-state index contributed by atoms with van der Waals surface area (Å²) in [6, 6.07) is 3.38. The molecular weight excluding hydrogens is 290 g/mol. The van der Waals surface area contributed by atoms with Crippen LogP contribution in [0.3, 0.4) is 0 Å². The molecule has 116 valence electrons. The van der Waals surface area contributed by atoms with Crippen LogP contribution < -0.4 is 4.90 Å². The van der Waals surface area contributed by atoms with Gasteiger partial charge in [0.25, 0.3) is 0 Å². The van der Waals surface area contributed by atoms with Crippen LogP contribution in [0, 0.1) is 6.92 Å². The molecule has 1 aromatic rings. The molecule has 0 saturated carbocycles. The van der Waals surface area contributed by atoms with E-state index in [1.807, 2.05) is 0 Å². The van der Waals surface area contributed by atoms with Gasteiger partial charge in [0, 0.05) is 19.3 Å². The summed E-state index contributed by atoms with van der Waals surface area (Å²) in [5, 5.41) is 0. The number of nitrogens with zero attached hydrogens (tertiary/aromatic N) is 1. The molecule has 0 bridgehead atoms. The highest BCUT2D eigenvalue weighted by atomic mass is 32.2. The lowest BCUT2D eigenvalue weighted by molar-refractivity contribution is 0.0599. The minimum Gasteiger partial charge on any atom is -0.465 e.